The van der Waals surface area contributed by atoms with Crippen molar-refractivity contribution in [2.45, 2.75) is 17.4 Å². The molecule has 2 aromatic carbocycles. The van der Waals surface area contributed by atoms with Crippen LogP contribution in [0.5, 0.6) is 5.75 Å². The van der Waals surface area contributed by atoms with E-state index in [0.29, 0.717) is 27.4 Å². The van der Waals surface area contributed by atoms with Gasteiger partial charge in [0.25, 0.3) is 5.22 Å². The van der Waals surface area contributed by atoms with Gasteiger partial charge in [0.1, 0.15) is 5.75 Å². The Hall–Kier alpha value is -2.31. The summed E-state index contributed by atoms with van der Waals surface area (Å²) in [6, 6.07) is 14.2. The van der Waals surface area contributed by atoms with Crippen molar-refractivity contribution in [3.05, 3.63) is 59.1 Å². The molecule has 0 radical (unpaired) electrons. The van der Waals surface area contributed by atoms with E-state index in [1.54, 1.807) is 50.4 Å². The van der Waals surface area contributed by atoms with Crippen molar-refractivity contribution in [2.24, 2.45) is 0 Å². The van der Waals surface area contributed by atoms with Gasteiger partial charge in [0.15, 0.2) is 5.78 Å². The summed E-state index contributed by atoms with van der Waals surface area (Å²) in [5, 5.41) is 8.58. The van der Waals surface area contributed by atoms with E-state index in [1.165, 1.54) is 11.8 Å². The number of methoxy groups -OCH3 is 1. The second kappa shape index (κ2) is 7.72. The normalized spacial score (nSPS) is 12.0. The molecule has 1 heterocycles. The van der Waals surface area contributed by atoms with Crippen molar-refractivity contribution >= 4 is 29.1 Å². The van der Waals surface area contributed by atoms with Crippen molar-refractivity contribution in [1.29, 1.82) is 0 Å². The number of carbonyl (C=O) groups is 1. The molecule has 5 nitrogen and oxygen atoms in total. The SMILES string of the molecule is COc1ccc(C(=O)[C@H](C)Sc2nnc(-c3cccc(Cl)c3)o2)cc1. The third-order valence-electron chi connectivity index (χ3n) is 3.50. The third kappa shape index (κ3) is 4.21. The summed E-state index contributed by atoms with van der Waals surface area (Å²) in [6.07, 6.45) is 0. The van der Waals surface area contributed by atoms with Crippen LogP contribution in [0.1, 0.15) is 17.3 Å². The molecule has 0 fully saturated rings. The van der Waals surface area contributed by atoms with Crippen LogP contribution in [0.25, 0.3) is 11.5 Å². The first kappa shape index (κ1) is 17.5. The van der Waals surface area contributed by atoms with Gasteiger partial charge >= 0.3 is 0 Å². The quantitative estimate of drug-likeness (QED) is 0.457. The highest BCUT2D eigenvalue weighted by molar-refractivity contribution is 8.00. The van der Waals surface area contributed by atoms with Crippen LogP contribution in [0.4, 0.5) is 0 Å². The fraction of sp³-hybridized carbons (Fsp3) is 0.167. The van der Waals surface area contributed by atoms with Gasteiger partial charge in [0.05, 0.1) is 12.4 Å². The lowest BCUT2D eigenvalue weighted by molar-refractivity contribution is 0.0993. The molecule has 0 amide bonds. The zero-order valence-corrected chi connectivity index (χ0v) is 15.2. The Bertz CT molecular complexity index is 880. The first-order chi connectivity index (χ1) is 12.1. The predicted molar refractivity (Wildman–Crippen MR) is 97.4 cm³/mol. The number of hydrogen-bond acceptors (Lipinski definition) is 6. The number of ether oxygens (including phenoxy) is 1. The van der Waals surface area contributed by atoms with Crippen LogP contribution in [0.3, 0.4) is 0 Å². The smallest absolute Gasteiger partial charge is 0.277 e. The molecular weight excluding hydrogens is 360 g/mol. The number of aromatic nitrogens is 2. The van der Waals surface area contributed by atoms with E-state index in [0.717, 1.165) is 5.56 Å². The molecule has 3 aromatic rings. The molecular formula is C18H15ClN2O3S. The Kier molecular flexibility index (Phi) is 5.40. The molecule has 128 valence electrons. The summed E-state index contributed by atoms with van der Waals surface area (Å²) in [5.74, 6) is 1.06. The minimum atomic E-state index is -0.360. The zero-order valence-electron chi connectivity index (χ0n) is 13.6. The Morgan fingerprint density at radius 1 is 1.20 bits per heavy atom. The highest BCUT2D eigenvalue weighted by atomic mass is 35.5. The van der Waals surface area contributed by atoms with Crippen molar-refractivity contribution in [3.63, 3.8) is 0 Å². The Balaban J connectivity index is 1.70. The molecule has 1 aromatic heterocycles. The van der Waals surface area contributed by atoms with Crippen LogP contribution in [-0.4, -0.2) is 28.3 Å². The molecule has 0 aliphatic heterocycles. The number of carbonyl (C=O) groups excluding carboxylic acids is 1. The van der Waals surface area contributed by atoms with E-state index >= 15 is 0 Å². The lowest BCUT2D eigenvalue weighted by atomic mass is 10.1. The van der Waals surface area contributed by atoms with Crippen molar-refractivity contribution < 1.29 is 13.9 Å². The second-order valence-electron chi connectivity index (χ2n) is 5.24. The minimum absolute atomic E-state index is 0.0184. The molecule has 25 heavy (non-hydrogen) atoms. The summed E-state index contributed by atoms with van der Waals surface area (Å²) in [6.45, 7) is 1.81. The molecule has 1 atom stereocenters. The monoisotopic (exact) mass is 374 g/mol. The van der Waals surface area contributed by atoms with Gasteiger partial charge < -0.3 is 9.15 Å². The van der Waals surface area contributed by atoms with Gasteiger partial charge in [-0.05, 0) is 49.4 Å². The number of nitrogens with zero attached hydrogens (tertiary/aromatic N) is 2. The molecule has 3 rings (SSSR count). The number of Topliss-reactive ketones (excluding diaryl/α,β-unsaturated/α-hetero) is 1. The first-order valence-electron chi connectivity index (χ1n) is 7.51. The largest absolute Gasteiger partial charge is 0.497 e. The summed E-state index contributed by atoms with van der Waals surface area (Å²) < 4.78 is 10.7. The zero-order chi connectivity index (χ0) is 17.8. The third-order valence-corrected chi connectivity index (χ3v) is 4.67. The second-order valence-corrected chi connectivity index (χ2v) is 6.96. The average Bonchev–Trinajstić information content (AvgIpc) is 3.09. The van der Waals surface area contributed by atoms with Crippen molar-refractivity contribution in [3.8, 4) is 17.2 Å². The van der Waals surface area contributed by atoms with E-state index in [-0.39, 0.29) is 11.0 Å². The molecule has 0 saturated heterocycles. The average molecular weight is 375 g/mol. The Morgan fingerprint density at radius 2 is 1.96 bits per heavy atom. The van der Waals surface area contributed by atoms with Gasteiger partial charge in [0.2, 0.25) is 5.89 Å². The van der Waals surface area contributed by atoms with Crippen LogP contribution < -0.4 is 4.74 Å². The molecule has 0 bridgehead atoms. The minimum Gasteiger partial charge on any atom is -0.497 e. The van der Waals surface area contributed by atoms with Gasteiger partial charge in [-0.3, -0.25) is 4.79 Å². The molecule has 0 N–H and O–H groups in total. The highest BCUT2D eigenvalue weighted by Gasteiger charge is 2.20. The number of hydrogen-bond donors (Lipinski definition) is 0. The van der Waals surface area contributed by atoms with Gasteiger partial charge in [-0.2, -0.15) is 0 Å². The van der Waals surface area contributed by atoms with Crippen molar-refractivity contribution in [2.75, 3.05) is 7.11 Å². The maximum absolute atomic E-state index is 12.5. The lowest BCUT2D eigenvalue weighted by Gasteiger charge is -2.08. The van der Waals surface area contributed by atoms with Crippen LogP contribution in [0.2, 0.25) is 5.02 Å². The predicted octanol–water partition coefficient (Wildman–Crippen LogP) is 4.76. The van der Waals surface area contributed by atoms with E-state index in [2.05, 4.69) is 10.2 Å². The van der Waals surface area contributed by atoms with Gasteiger partial charge in [0, 0.05) is 16.1 Å². The standard InChI is InChI=1S/C18H15ClN2O3S/c1-11(16(22)12-6-8-15(23-2)9-7-12)25-18-21-20-17(24-18)13-4-3-5-14(19)10-13/h3-11H,1-2H3/t11-/m0/s1. The van der Waals surface area contributed by atoms with Crippen molar-refractivity contribution in [1.82, 2.24) is 10.2 Å². The van der Waals surface area contributed by atoms with Crippen LogP contribution in [0, 0.1) is 0 Å². The molecule has 0 aliphatic rings. The highest BCUT2D eigenvalue weighted by Crippen LogP contribution is 2.29. The first-order valence-corrected chi connectivity index (χ1v) is 8.77. The topological polar surface area (TPSA) is 65.2 Å². The summed E-state index contributed by atoms with van der Waals surface area (Å²) in [4.78, 5) is 12.5. The Labute approximate surface area is 154 Å². The molecule has 0 spiro atoms. The van der Waals surface area contributed by atoms with Crippen LogP contribution in [-0.2, 0) is 0 Å². The Morgan fingerprint density at radius 3 is 2.64 bits per heavy atom. The maximum atomic E-state index is 12.5. The lowest BCUT2D eigenvalue weighted by Crippen LogP contribution is -2.13. The van der Waals surface area contributed by atoms with Crippen LogP contribution in [0.15, 0.2) is 58.2 Å². The van der Waals surface area contributed by atoms with Crippen LogP contribution >= 0.6 is 23.4 Å². The van der Waals surface area contributed by atoms with E-state index < -0.39 is 0 Å². The van der Waals surface area contributed by atoms with E-state index in [4.69, 9.17) is 20.8 Å². The van der Waals surface area contributed by atoms with Gasteiger partial charge in [-0.25, -0.2) is 0 Å². The fourth-order valence-corrected chi connectivity index (χ4v) is 3.14. The molecule has 7 heteroatoms. The number of benzene rings is 2. The fourth-order valence-electron chi connectivity index (χ4n) is 2.19. The molecule has 0 unspecified atom stereocenters. The van der Waals surface area contributed by atoms with E-state index in [9.17, 15) is 4.79 Å². The van der Waals surface area contributed by atoms with Gasteiger partial charge in [-0.15, -0.1) is 10.2 Å². The number of halogens is 1. The molecule has 0 aliphatic carbocycles. The van der Waals surface area contributed by atoms with E-state index in [1.807, 2.05) is 12.1 Å². The number of thioether (sulfide) groups is 1. The molecule has 0 saturated carbocycles. The summed E-state index contributed by atoms with van der Waals surface area (Å²) in [5.41, 5.74) is 1.34. The number of rotatable bonds is 6. The van der Waals surface area contributed by atoms with Gasteiger partial charge in [-0.1, -0.05) is 29.4 Å². The maximum Gasteiger partial charge on any atom is 0.277 e. The summed E-state index contributed by atoms with van der Waals surface area (Å²) >= 11 is 7.19. The summed E-state index contributed by atoms with van der Waals surface area (Å²) in [7, 11) is 1.59. The number of ketones is 1.